The van der Waals surface area contributed by atoms with Crippen molar-refractivity contribution in [1.29, 1.82) is 0 Å². The Hall–Kier alpha value is -5.95. The van der Waals surface area contributed by atoms with Crippen LogP contribution in [0.5, 0.6) is 0 Å². The summed E-state index contributed by atoms with van der Waals surface area (Å²) in [6.45, 7) is 1.97. The number of benzene rings is 5. The quantitative estimate of drug-likeness (QED) is 0.164. The third-order valence-corrected chi connectivity index (χ3v) is 12.8. The smallest absolute Gasteiger partial charge is 0.254 e. The van der Waals surface area contributed by atoms with E-state index in [0.29, 0.717) is 5.69 Å². The van der Waals surface area contributed by atoms with Crippen molar-refractivity contribution in [1.82, 2.24) is 5.01 Å². The van der Waals surface area contributed by atoms with Crippen LogP contribution in [0.1, 0.15) is 67.8 Å². The second-order valence-electron chi connectivity index (χ2n) is 14.9. The van der Waals surface area contributed by atoms with Gasteiger partial charge in [0.1, 0.15) is 0 Å². The number of carbonyl (C=O) groups is 4. The van der Waals surface area contributed by atoms with Gasteiger partial charge in [0.2, 0.25) is 11.8 Å². The summed E-state index contributed by atoms with van der Waals surface area (Å²) in [7, 11) is 0. The number of rotatable bonds is 3. The Morgan fingerprint density at radius 1 is 0.510 bits per heavy atom. The first-order chi connectivity index (χ1) is 24.9. The molecular formula is C44H31N3O4. The summed E-state index contributed by atoms with van der Waals surface area (Å²) in [5.74, 6) is -4.68. The third-order valence-electron chi connectivity index (χ3n) is 12.8. The molecule has 5 aromatic rings. The molecule has 51 heavy (non-hydrogen) atoms. The van der Waals surface area contributed by atoms with E-state index in [0.717, 1.165) is 55.1 Å². The minimum atomic E-state index is -1.20. The maximum atomic E-state index is 14.8. The molecule has 4 amide bonds. The zero-order chi connectivity index (χ0) is 34.3. The van der Waals surface area contributed by atoms with Gasteiger partial charge in [-0.05, 0) is 63.6 Å². The molecule has 7 heteroatoms. The minimum absolute atomic E-state index is 0.243. The molecule has 0 radical (unpaired) electrons. The van der Waals surface area contributed by atoms with Gasteiger partial charge in [0, 0.05) is 24.0 Å². The molecule has 5 aromatic carbocycles. The van der Waals surface area contributed by atoms with E-state index < -0.39 is 29.1 Å². The lowest BCUT2D eigenvalue weighted by molar-refractivity contribution is -0.140. The summed E-state index contributed by atoms with van der Waals surface area (Å²) < 4.78 is 0. The zero-order valence-corrected chi connectivity index (χ0v) is 27.6. The van der Waals surface area contributed by atoms with E-state index in [1.807, 2.05) is 104 Å². The van der Waals surface area contributed by atoms with Gasteiger partial charge in [-0.15, -0.1) is 0 Å². The van der Waals surface area contributed by atoms with Crippen molar-refractivity contribution < 1.29 is 19.2 Å². The maximum absolute atomic E-state index is 14.8. The predicted octanol–water partition coefficient (Wildman–Crippen LogP) is 6.42. The average Bonchev–Trinajstić information content (AvgIpc) is 3.59. The van der Waals surface area contributed by atoms with E-state index in [-0.39, 0.29) is 41.4 Å². The molecule has 6 aliphatic carbocycles. The summed E-state index contributed by atoms with van der Waals surface area (Å²) in [6.07, 6.45) is 1.66. The van der Waals surface area contributed by atoms with Crippen molar-refractivity contribution in [3.63, 3.8) is 0 Å². The lowest BCUT2D eigenvalue weighted by Crippen LogP contribution is -2.55. The van der Waals surface area contributed by atoms with Gasteiger partial charge in [-0.3, -0.25) is 19.2 Å². The molecule has 2 saturated heterocycles. The molecular weight excluding hydrogens is 635 g/mol. The minimum Gasteiger partial charge on any atom is -0.274 e. The Morgan fingerprint density at radius 3 is 1.43 bits per heavy atom. The Bertz CT molecular complexity index is 2290. The SMILES string of the molecule is Cc1ccc(N2C(=O)[C@@H]3C4c5ccccc5C(/C=N\N5C(=O)[C@@H]6C7c8ccccc8C(c8ccccc87)[C@H]6C5=O)(c5ccccc54)[C@H]3C2=O)cc1. The van der Waals surface area contributed by atoms with Crippen molar-refractivity contribution >= 4 is 35.5 Å². The monoisotopic (exact) mass is 665 g/mol. The van der Waals surface area contributed by atoms with Crippen molar-refractivity contribution in [2.45, 2.75) is 30.1 Å². The standard InChI is InChI=1S/C44H31N3O4/c1-23-18-20-24(21-19-23)46-40(48)38-35-29-14-6-8-16-31(29)44(39(38)43(46)51,32-17-9-7-15-30(32)35)22-45-47-41(49)36-33-25-10-2-3-11-26(25)34(37(36)42(47)50)28-13-5-4-12-27(28)33/h2-22,33-39H,1H3/b45-22-/t33?,34?,35?,36-,37-,38-,39-,44?/m1/s1. The third kappa shape index (κ3) is 3.37. The normalized spacial score (nSPS) is 30.3. The molecule has 4 atom stereocenters. The highest BCUT2D eigenvalue weighted by atomic mass is 16.2. The lowest BCUT2D eigenvalue weighted by Gasteiger charge is -2.52. The number of hydrogen-bond acceptors (Lipinski definition) is 5. The molecule has 2 aliphatic heterocycles. The number of hydrazone groups is 1. The van der Waals surface area contributed by atoms with E-state index in [1.165, 1.54) is 4.90 Å². The Kier molecular flexibility index (Phi) is 5.57. The van der Waals surface area contributed by atoms with Gasteiger partial charge in [-0.1, -0.05) is 115 Å². The maximum Gasteiger partial charge on any atom is 0.254 e. The highest BCUT2D eigenvalue weighted by Crippen LogP contribution is 2.64. The Balaban J connectivity index is 1.09. The molecule has 0 unspecified atom stereocenters. The van der Waals surface area contributed by atoms with Crippen LogP contribution >= 0.6 is 0 Å². The molecule has 0 saturated carbocycles. The fourth-order valence-electron chi connectivity index (χ4n) is 10.9. The van der Waals surface area contributed by atoms with Crippen LogP contribution in [0.15, 0.2) is 126 Å². The molecule has 246 valence electrons. The van der Waals surface area contributed by atoms with Crippen LogP contribution < -0.4 is 4.90 Å². The Labute approximate surface area is 294 Å². The largest absolute Gasteiger partial charge is 0.274 e. The topological polar surface area (TPSA) is 87.1 Å². The first-order valence-electron chi connectivity index (χ1n) is 17.7. The Morgan fingerprint density at radius 2 is 0.941 bits per heavy atom. The van der Waals surface area contributed by atoms with Crippen LogP contribution in [0.3, 0.4) is 0 Å². The van der Waals surface area contributed by atoms with Crippen LogP contribution in [-0.4, -0.2) is 34.9 Å². The number of hydrogen-bond donors (Lipinski definition) is 0. The summed E-state index contributed by atoms with van der Waals surface area (Å²) in [4.78, 5) is 59.9. The van der Waals surface area contributed by atoms with Gasteiger partial charge in [0.25, 0.3) is 11.8 Å². The molecule has 8 aliphatic rings. The zero-order valence-electron chi connectivity index (χ0n) is 27.6. The van der Waals surface area contributed by atoms with Crippen molar-refractivity contribution in [2.75, 3.05) is 4.90 Å². The van der Waals surface area contributed by atoms with Crippen LogP contribution in [0.4, 0.5) is 5.69 Å². The van der Waals surface area contributed by atoms with Crippen LogP contribution in [0.25, 0.3) is 0 Å². The summed E-state index contributed by atoms with van der Waals surface area (Å²) in [5.41, 5.74) is 8.42. The van der Waals surface area contributed by atoms with Crippen LogP contribution in [0, 0.1) is 30.6 Å². The summed E-state index contributed by atoms with van der Waals surface area (Å²) in [5, 5.41) is 5.96. The highest BCUT2D eigenvalue weighted by Gasteiger charge is 2.68. The summed E-state index contributed by atoms with van der Waals surface area (Å²) in [6, 6.07) is 39.7. The number of carbonyl (C=O) groups excluding carboxylic acids is 4. The molecule has 2 heterocycles. The van der Waals surface area contributed by atoms with Gasteiger partial charge >= 0.3 is 0 Å². The van der Waals surface area contributed by atoms with E-state index in [4.69, 9.17) is 5.10 Å². The van der Waals surface area contributed by atoms with E-state index in [1.54, 1.807) is 6.21 Å². The molecule has 0 spiro atoms. The van der Waals surface area contributed by atoms with Crippen molar-refractivity contribution in [2.24, 2.45) is 28.8 Å². The molecule has 0 N–H and O–H groups in total. The van der Waals surface area contributed by atoms with E-state index >= 15 is 0 Å². The molecule has 0 aromatic heterocycles. The second kappa shape index (κ2) is 9.85. The fraction of sp³-hybridized carbons (Fsp3) is 0.205. The lowest BCUT2D eigenvalue weighted by atomic mass is 9.47. The molecule has 4 bridgehead atoms. The van der Waals surface area contributed by atoms with Gasteiger partial charge in [-0.2, -0.15) is 10.1 Å². The fourth-order valence-corrected chi connectivity index (χ4v) is 10.9. The van der Waals surface area contributed by atoms with Gasteiger partial charge in [-0.25, -0.2) is 4.90 Å². The van der Waals surface area contributed by atoms with E-state index in [9.17, 15) is 19.2 Å². The number of amides is 4. The highest BCUT2D eigenvalue weighted by molar-refractivity contribution is 6.25. The average molecular weight is 666 g/mol. The van der Waals surface area contributed by atoms with Gasteiger partial charge in [0.15, 0.2) is 0 Å². The first-order valence-corrected chi connectivity index (χ1v) is 17.7. The first kappa shape index (κ1) is 28.8. The number of imide groups is 2. The molecule has 13 rings (SSSR count). The van der Waals surface area contributed by atoms with Crippen LogP contribution in [0.2, 0.25) is 0 Å². The predicted molar refractivity (Wildman–Crippen MR) is 190 cm³/mol. The number of aryl methyl sites for hydroxylation is 1. The van der Waals surface area contributed by atoms with Crippen molar-refractivity contribution in [3.8, 4) is 0 Å². The van der Waals surface area contributed by atoms with Gasteiger partial charge in [0.05, 0.1) is 34.8 Å². The molecule has 2 fully saturated rings. The van der Waals surface area contributed by atoms with Crippen LogP contribution in [-0.2, 0) is 24.6 Å². The molecule has 7 nitrogen and oxygen atoms in total. The second-order valence-corrected chi connectivity index (χ2v) is 14.9. The van der Waals surface area contributed by atoms with Gasteiger partial charge < -0.3 is 0 Å². The number of nitrogens with zero attached hydrogens (tertiary/aromatic N) is 3. The number of anilines is 1. The summed E-state index contributed by atoms with van der Waals surface area (Å²) >= 11 is 0. The van der Waals surface area contributed by atoms with E-state index in [2.05, 4.69) is 24.3 Å². The van der Waals surface area contributed by atoms with Crippen molar-refractivity contribution in [3.05, 3.63) is 171 Å².